The van der Waals surface area contributed by atoms with Gasteiger partial charge in [0.25, 0.3) is 5.79 Å². The highest BCUT2D eigenvalue weighted by Crippen LogP contribution is 2.30. The first-order valence-corrected chi connectivity index (χ1v) is 6.93. The number of halogens is 1. The molecule has 0 spiro atoms. The van der Waals surface area contributed by atoms with E-state index in [0.717, 1.165) is 0 Å². The van der Waals surface area contributed by atoms with E-state index in [2.05, 4.69) is 5.32 Å². The number of nitrogens with two attached hydrogens (primary N) is 1. The molecule has 10 nitrogen and oxygen atoms in total. The molecule has 0 saturated carbocycles. The number of carbonyl (C=O) groups excluding carboxylic acids is 1. The van der Waals surface area contributed by atoms with Crippen molar-refractivity contribution in [2.45, 2.75) is 42.7 Å². The number of aliphatic hydroxyl groups excluding tert-OH is 3. The van der Waals surface area contributed by atoms with Gasteiger partial charge in [-0.25, -0.2) is 4.79 Å². The van der Waals surface area contributed by atoms with E-state index in [4.69, 9.17) is 27.2 Å². The molecule has 8 N–H and O–H groups in total. The van der Waals surface area contributed by atoms with E-state index in [-0.39, 0.29) is 0 Å². The Morgan fingerprint density at radius 1 is 1.45 bits per heavy atom. The molecular formula is C11H19ClN2O8. The van der Waals surface area contributed by atoms with Crippen LogP contribution in [-0.2, 0) is 14.3 Å². The fourth-order valence-electron chi connectivity index (χ4n) is 2.16. The molecule has 1 heterocycles. The van der Waals surface area contributed by atoms with Gasteiger partial charge in [-0.05, 0) is 0 Å². The maximum absolute atomic E-state index is 11.4. The van der Waals surface area contributed by atoms with Crippen LogP contribution in [0.3, 0.4) is 0 Å². The van der Waals surface area contributed by atoms with E-state index in [1.54, 1.807) is 0 Å². The number of hydrogen-bond acceptors (Lipinski definition) is 8. The summed E-state index contributed by atoms with van der Waals surface area (Å²) in [6.45, 7) is -0.390. The van der Waals surface area contributed by atoms with Gasteiger partial charge in [-0.2, -0.15) is 0 Å². The first kappa shape index (κ1) is 19.0. The molecule has 1 rings (SSSR count). The summed E-state index contributed by atoms with van der Waals surface area (Å²) in [6, 6.07) is -1.29. The van der Waals surface area contributed by atoms with E-state index in [1.807, 2.05) is 0 Å². The number of carboxylic acid groups (broad SMARTS) is 1. The Labute approximate surface area is 130 Å². The fourth-order valence-corrected chi connectivity index (χ4v) is 2.23. The number of aliphatic carboxylic acids is 1. The van der Waals surface area contributed by atoms with Gasteiger partial charge in [-0.3, -0.25) is 4.79 Å². The Morgan fingerprint density at radius 2 is 2.05 bits per heavy atom. The molecule has 1 unspecified atom stereocenters. The number of hydrogen-bond donors (Lipinski definition) is 7. The van der Waals surface area contributed by atoms with Gasteiger partial charge in [0.05, 0.1) is 18.2 Å². The zero-order valence-corrected chi connectivity index (χ0v) is 12.2. The first-order chi connectivity index (χ1) is 10.2. The van der Waals surface area contributed by atoms with Gasteiger partial charge >= 0.3 is 5.97 Å². The maximum Gasteiger partial charge on any atom is 0.364 e. The Morgan fingerprint density at radius 3 is 2.50 bits per heavy atom. The third-order valence-corrected chi connectivity index (χ3v) is 3.58. The minimum absolute atomic E-state index is 0.390. The molecule has 0 aromatic carbocycles. The molecular weight excluding hydrogens is 324 g/mol. The number of amides is 1. The summed E-state index contributed by atoms with van der Waals surface area (Å²) < 4.78 is 4.92. The van der Waals surface area contributed by atoms with Crippen molar-refractivity contribution in [3.05, 3.63) is 0 Å². The minimum atomic E-state index is -2.78. The van der Waals surface area contributed by atoms with Crippen LogP contribution in [0.5, 0.6) is 0 Å². The lowest BCUT2D eigenvalue weighted by atomic mass is 9.88. The average Bonchev–Trinajstić information content (AvgIpc) is 2.47. The molecule has 0 aromatic rings. The van der Waals surface area contributed by atoms with Crippen LogP contribution in [0.25, 0.3) is 0 Å². The second-order valence-corrected chi connectivity index (χ2v) is 5.23. The number of aliphatic hydroxyl groups is 4. The molecule has 1 amide bonds. The third kappa shape index (κ3) is 4.04. The van der Waals surface area contributed by atoms with E-state index < -0.39 is 67.0 Å². The van der Waals surface area contributed by atoms with Crippen molar-refractivity contribution in [2.75, 3.05) is 12.4 Å². The highest BCUT2D eigenvalue weighted by atomic mass is 35.5. The quantitative estimate of drug-likeness (QED) is 0.239. The molecule has 0 aromatic heterocycles. The van der Waals surface area contributed by atoms with Crippen LogP contribution < -0.4 is 11.1 Å². The summed E-state index contributed by atoms with van der Waals surface area (Å²) in [7, 11) is 0. The van der Waals surface area contributed by atoms with Crippen molar-refractivity contribution in [3.8, 4) is 0 Å². The van der Waals surface area contributed by atoms with Gasteiger partial charge < -0.3 is 41.3 Å². The van der Waals surface area contributed by atoms with Crippen molar-refractivity contribution in [2.24, 2.45) is 5.73 Å². The highest BCUT2D eigenvalue weighted by molar-refractivity contribution is 6.27. The number of ether oxygens (including phenoxy) is 1. The largest absolute Gasteiger partial charge is 0.477 e. The second kappa shape index (κ2) is 7.51. The molecule has 6 atom stereocenters. The normalized spacial score (nSPS) is 34.7. The van der Waals surface area contributed by atoms with Gasteiger partial charge in [0.2, 0.25) is 5.91 Å². The first-order valence-electron chi connectivity index (χ1n) is 6.39. The van der Waals surface area contributed by atoms with E-state index >= 15 is 0 Å². The zero-order valence-electron chi connectivity index (χ0n) is 11.4. The molecule has 11 heteroatoms. The van der Waals surface area contributed by atoms with Gasteiger partial charge in [0.1, 0.15) is 18.1 Å². The predicted octanol–water partition coefficient (Wildman–Crippen LogP) is -3.69. The Hall–Kier alpha value is -1.01. The summed E-state index contributed by atoms with van der Waals surface area (Å²) in [4.78, 5) is 22.4. The lowest BCUT2D eigenvalue weighted by molar-refractivity contribution is -0.294. The molecule has 1 aliphatic rings. The molecule has 0 aliphatic carbocycles. The van der Waals surface area contributed by atoms with Crippen LogP contribution in [-0.4, -0.2) is 86.1 Å². The van der Waals surface area contributed by atoms with Gasteiger partial charge in [0, 0.05) is 13.0 Å². The van der Waals surface area contributed by atoms with Crippen LogP contribution in [0.1, 0.15) is 6.42 Å². The Bertz CT molecular complexity index is 425. The lowest BCUT2D eigenvalue weighted by Gasteiger charge is -2.44. The summed E-state index contributed by atoms with van der Waals surface area (Å²) in [5.41, 5.74) is 5.20. The molecule has 22 heavy (non-hydrogen) atoms. The smallest absolute Gasteiger partial charge is 0.364 e. The van der Waals surface area contributed by atoms with Crippen molar-refractivity contribution in [1.82, 2.24) is 5.32 Å². The second-order valence-electron chi connectivity index (χ2n) is 4.96. The van der Waals surface area contributed by atoms with Crippen LogP contribution in [0, 0.1) is 0 Å². The summed E-state index contributed by atoms with van der Waals surface area (Å²) in [6.07, 6.45) is -7.21. The van der Waals surface area contributed by atoms with Crippen molar-refractivity contribution >= 4 is 23.5 Å². The van der Waals surface area contributed by atoms with Gasteiger partial charge in [-0.15, -0.1) is 11.6 Å². The minimum Gasteiger partial charge on any atom is -0.477 e. The van der Waals surface area contributed by atoms with Crippen LogP contribution >= 0.6 is 11.6 Å². The van der Waals surface area contributed by atoms with Gasteiger partial charge in [-0.1, -0.05) is 0 Å². The maximum atomic E-state index is 11.4. The standard InChI is InChI=1S/C11H19ClN2O8/c12-2-6(17)14-7-4(15)1-11(21,10(19)20)22-9(7)8(18)5(16)3-13/h4-5,7-9,15-16,18,21H,1-3,13H2,(H,14,17)(H,19,20)/t4-,5-,7-,8-,9?,11+/m1/s1. The summed E-state index contributed by atoms with van der Waals surface area (Å²) in [5.74, 6) is -5.72. The number of carboxylic acids is 1. The number of carbonyl (C=O) groups is 2. The van der Waals surface area contributed by atoms with E-state index in [1.165, 1.54) is 0 Å². The SMILES string of the molecule is NC[C@@H](O)[C@@H](O)C1O[C@](O)(C(=O)O)C[C@@H](O)[C@H]1NC(=O)CCl. The third-order valence-electron chi connectivity index (χ3n) is 3.34. The van der Waals surface area contributed by atoms with Crippen LogP contribution in [0.2, 0.25) is 0 Å². The number of nitrogens with one attached hydrogen (secondary N) is 1. The fraction of sp³-hybridized carbons (Fsp3) is 0.818. The van der Waals surface area contributed by atoms with Gasteiger partial charge in [0.15, 0.2) is 0 Å². The average molecular weight is 343 g/mol. The molecule has 0 radical (unpaired) electrons. The van der Waals surface area contributed by atoms with E-state index in [9.17, 15) is 30.0 Å². The topological polar surface area (TPSA) is 183 Å². The molecule has 1 fully saturated rings. The molecule has 1 saturated heterocycles. The van der Waals surface area contributed by atoms with Crippen molar-refractivity contribution in [1.29, 1.82) is 0 Å². The monoisotopic (exact) mass is 342 g/mol. The lowest BCUT2D eigenvalue weighted by Crippen LogP contribution is -2.67. The molecule has 128 valence electrons. The Balaban J connectivity index is 3.07. The van der Waals surface area contributed by atoms with Crippen LogP contribution in [0.4, 0.5) is 0 Å². The van der Waals surface area contributed by atoms with E-state index in [0.29, 0.717) is 0 Å². The number of rotatable bonds is 6. The zero-order chi connectivity index (χ0) is 17.1. The predicted molar refractivity (Wildman–Crippen MR) is 71.8 cm³/mol. The number of alkyl halides is 1. The highest BCUT2D eigenvalue weighted by Gasteiger charge is 2.53. The van der Waals surface area contributed by atoms with Crippen molar-refractivity contribution in [3.63, 3.8) is 0 Å². The summed E-state index contributed by atoms with van der Waals surface area (Å²) in [5, 5.41) is 50.6. The summed E-state index contributed by atoms with van der Waals surface area (Å²) >= 11 is 5.33. The van der Waals surface area contributed by atoms with Crippen LogP contribution in [0.15, 0.2) is 0 Å². The molecule has 0 bridgehead atoms. The Kier molecular flexibility index (Phi) is 6.50. The van der Waals surface area contributed by atoms with Crippen molar-refractivity contribution < 1.29 is 39.9 Å². The molecule has 1 aliphatic heterocycles.